The Hall–Kier alpha value is -1.85. The van der Waals surface area contributed by atoms with Crippen LogP contribution < -0.4 is 0 Å². The average molecular weight is 198 g/mol. The third kappa shape index (κ3) is 1.59. The Kier molecular flexibility index (Phi) is 2.85. The number of esters is 2. The molecule has 6 nitrogen and oxygen atoms in total. The third-order valence-electron chi connectivity index (χ3n) is 1.72. The molecule has 0 spiro atoms. The van der Waals surface area contributed by atoms with Crippen molar-refractivity contribution >= 4 is 11.9 Å². The summed E-state index contributed by atoms with van der Waals surface area (Å²) in [5, 5.41) is 3.77. The standard InChI is InChI=1S/C8H10N2O4/c1-10-6(8(12)14-3)5(4-9-10)7(11)13-2/h4H,1-3H3. The molecule has 14 heavy (non-hydrogen) atoms. The predicted molar refractivity (Wildman–Crippen MR) is 45.9 cm³/mol. The van der Waals surface area contributed by atoms with Gasteiger partial charge in [0, 0.05) is 7.05 Å². The summed E-state index contributed by atoms with van der Waals surface area (Å²) in [5.74, 6) is -1.23. The van der Waals surface area contributed by atoms with E-state index < -0.39 is 11.9 Å². The highest BCUT2D eigenvalue weighted by Crippen LogP contribution is 2.09. The van der Waals surface area contributed by atoms with Gasteiger partial charge in [-0.25, -0.2) is 9.59 Å². The van der Waals surface area contributed by atoms with Crippen LogP contribution in [0.4, 0.5) is 0 Å². The predicted octanol–water partition coefficient (Wildman–Crippen LogP) is -0.00670. The fourth-order valence-electron chi connectivity index (χ4n) is 1.04. The molecule has 0 aromatic carbocycles. The van der Waals surface area contributed by atoms with E-state index in [0.717, 1.165) is 0 Å². The van der Waals surface area contributed by atoms with Crippen molar-refractivity contribution in [2.45, 2.75) is 0 Å². The maximum absolute atomic E-state index is 11.2. The molecule has 0 unspecified atom stereocenters. The van der Waals surface area contributed by atoms with E-state index in [2.05, 4.69) is 14.6 Å². The van der Waals surface area contributed by atoms with Crippen molar-refractivity contribution < 1.29 is 19.1 Å². The van der Waals surface area contributed by atoms with Gasteiger partial charge in [0.25, 0.3) is 0 Å². The number of aryl methyl sites for hydroxylation is 1. The Bertz CT molecular complexity index is 369. The highest BCUT2D eigenvalue weighted by molar-refractivity contribution is 6.01. The van der Waals surface area contributed by atoms with Gasteiger partial charge in [0.2, 0.25) is 0 Å². The largest absolute Gasteiger partial charge is 0.465 e. The van der Waals surface area contributed by atoms with Crippen molar-refractivity contribution in [3.63, 3.8) is 0 Å². The van der Waals surface area contributed by atoms with E-state index in [1.54, 1.807) is 7.05 Å². The van der Waals surface area contributed by atoms with E-state index >= 15 is 0 Å². The Balaban J connectivity index is 3.19. The summed E-state index contributed by atoms with van der Waals surface area (Å²) < 4.78 is 10.3. The average Bonchev–Trinajstić information content (AvgIpc) is 2.58. The molecule has 6 heteroatoms. The van der Waals surface area contributed by atoms with E-state index in [9.17, 15) is 9.59 Å². The van der Waals surface area contributed by atoms with Gasteiger partial charge in [0.05, 0.1) is 20.4 Å². The molecule has 1 aromatic rings. The highest BCUT2D eigenvalue weighted by Gasteiger charge is 2.22. The van der Waals surface area contributed by atoms with Crippen molar-refractivity contribution in [1.82, 2.24) is 9.78 Å². The molecule has 0 bridgehead atoms. The van der Waals surface area contributed by atoms with Crippen molar-refractivity contribution in [2.75, 3.05) is 14.2 Å². The number of hydrogen-bond acceptors (Lipinski definition) is 5. The number of carbonyl (C=O) groups is 2. The van der Waals surface area contributed by atoms with Crippen molar-refractivity contribution in [2.24, 2.45) is 7.05 Å². The van der Waals surface area contributed by atoms with Crippen molar-refractivity contribution in [3.8, 4) is 0 Å². The molecule has 0 N–H and O–H groups in total. The lowest BCUT2D eigenvalue weighted by atomic mass is 10.2. The van der Waals surface area contributed by atoms with Gasteiger partial charge in [0.1, 0.15) is 5.56 Å². The van der Waals surface area contributed by atoms with Crippen LogP contribution >= 0.6 is 0 Å². The minimum atomic E-state index is -0.620. The minimum absolute atomic E-state index is 0.0827. The number of nitrogens with zero attached hydrogens (tertiary/aromatic N) is 2. The minimum Gasteiger partial charge on any atom is -0.465 e. The highest BCUT2D eigenvalue weighted by atomic mass is 16.5. The van der Waals surface area contributed by atoms with Crippen LogP contribution in [-0.4, -0.2) is 35.9 Å². The zero-order valence-corrected chi connectivity index (χ0v) is 8.10. The molecule has 0 radical (unpaired) electrons. The Labute approximate surface area is 80.4 Å². The number of hydrogen-bond donors (Lipinski definition) is 0. The van der Waals surface area contributed by atoms with Gasteiger partial charge in [-0.2, -0.15) is 5.10 Å². The first-order valence-electron chi connectivity index (χ1n) is 3.80. The summed E-state index contributed by atoms with van der Waals surface area (Å²) in [6, 6.07) is 0. The van der Waals surface area contributed by atoms with Crippen LogP contribution in [0, 0.1) is 0 Å². The van der Waals surface area contributed by atoms with Gasteiger partial charge in [-0.15, -0.1) is 0 Å². The summed E-state index contributed by atoms with van der Waals surface area (Å²) in [7, 11) is 4.01. The molecule has 0 fully saturated rings. The van der Waals surface area contributed by atoms with Gasteiger partial charge in [-0.05, 0) is 0 Å². The monoisotopic (exact) mass is 198 g/mol. The summed E-state index contributed by atoms with van der Waals surface area (Å²) >= 11 is 0. The van der Waals surface area contributed by atoms with E-state index in [4.69, 9.17) is 0 Å². The van der Waals surface area contributed by atoms with Crippen LogP contribution in [0.1, 0.15) is 20.8 Å². The number of methoxy groups -OCH3 is 2. The van der Waals surface area contributed by atoms with Crippen molar-refractivity contribution in [3.05, 3.63) is 17.5 Å². The second-order valence-corrected chi connectivity index (χ2v) is 2.51. The lowest BCUT2D eigenvalue weighted by Crippen LogP contribution is -2.14. The molecule has 1 heterocycles. The van der Waals surface area contributed by atoms with Crippen LogP contribution in [0.3, 0.4) is 0 Å². The van der Waals surface area contributed by atoms with Crippen molar-refractivity contribution in [1.29, 1.82) is 0 Å². The van der Waals surface area contributed by atoms with Gasteiger partial charge in [0.15, 0.2) is 5.69 Å². The zero-order chi connectivity index (χ0) is 10.7. The van der Waals surface area contributed by atoms with Gasteiger partial charge in [-0.3, -0.25) is 4.68 Å². The van der Waals surface area contributed by atoms with Crippen LogP contribution in [0.25, 0.3) is 0 Å². The first-order chi connectivity index (χ1) is 6.61. The Morgan fingerprint density at radius 2 is 1.86 bits per heavy atom. The lowest BCUT2D eigenvalue weighted by molar-refractivity contribution is 0.0547. The zero-order valence-electron chi connectivity index (χ0n) is 8.10. The van der Waals surface area contributed by atoms with Gasteiger partial charge >= 0.3 is 11.9 Å². The molecule has 1 rings (SSSR count). The van der Waals surface area contributed by atoms with Crippen LogP contribution in [-0.2, 0) is 16.5 Å². The molecule has 0 saturated heterocycles. The summed E-state index contributed by atoms with van der Waals surface area (Å²) in [6.45, 7) is 0. The van der Waals surface area contributed by atoms with E-state index in [0.29, 0.717) is 0 Å². The van der Waals surface area contributed by atoms with Gasteiger partial charge in [-0.1, -0.05) is 0 Å². The summed E-state index contributed by atoms with van der Waals surface area (Å²) in [6.07, 6.45) is 1.26. The number of ether oxygens (including phenoxy) is 2. The summed E-state index contributed by atoms with van der Waals surface area (Å²) in [4.78, 5) is 22.4. The molecular weight excluding hydrogens is 188 g/mol. The SMILES string of the molecule is COC(=O)c1cnn(C)c1C(=O)OC. The molecular formula is C8H10N2O4. The van der Waals surface area contributed by atoms with Crippen LogP contribution in [0.2, 0.25) is 0 Å². The third-order valence-corrected chi connectivity index (χ3v) is 1.72. The summed E-state index contributed by atoms with van der Waals surface area (Å²) in [5.41, 5.74) is 0.182. The maximum atomic E-state index is 11.2. The first-order valence-corrected chi connectivity index (χ1v) is 3.80. The normalized spacial score (nSPS) is 9.64. The van der Waals surface area contributed by atoms with Gasteiger partial charge < -0.3 is 9.47 Å². The van der Waals surface area contributed by atoms with Crippen LogP contribution in [0.5, 0.6) is 0 Å². The fourth-order valence-corrected chi connectivity index (χ4v) is 1.04. The molecule has 0 aliphatic rings. The maximum Gasteiger partial charge on any atom is 0.357 e. The Morgan fingerprint density at radius 3 is 2.36 bits per heavy atom. The lowest BCUT2D eigenvalue weighted by Gasteiger charge is -2.01. The van der Waals surface area contributed by atoms with E-state index in [1.807, 2.05) is 0 Å². The molecule has 0 saturated carbocycles. The molecule has 0 aliphatic carbocycles. The molecule has 0 amide bonds. The Morgan fingerprint density at radius 1 is 1.29 bits per heavy atom. The molecule has 0 aliphatic heterocycles. The first kappa shape index (κ1) is 10.2. The smallest absolute Gasteiger partial charge is 0.357 e. The van der Waals surface area contributed by atoms with E-state index in [1.165, 1.54) is 25.1 Å². The fraction of sp³-hybridized carbons (Fsp3) is 0.375. The van der Waals surface area contributed by atoms with Crippen LogP contribution in [0.15, 0.2) is 6.20 Å². The number of aromatic nitrogens is 2. The molecule has 76 valence electrons. The quantitative estimate of drug-likeness (QED) is 0.625. The second-order valence-electron chi connectivity index (χ2n) is 2.51. The number of carbonyl (C=O) groups excluding carboxylic acids is 2. The molecule has 0 atom stereocenters. The van der Waals surface area contributed by atoms with E-state index in [-0.39, 0.29) is 11.3 Å². The second kappa shape index (κ2) is 3.91. The topological polar surface area (TPSA) is 70.4 Å². The molecule has 1 aromatic heterocycles. The number of rotatable bonds is 2.